The van der Waals surface area contributed by atoms with Gasteiger partial charge in [0.15, 0.2) is 5.96 Å². The third-order valence-corrected chi connectivity index (χ3v) is 5.62. The largest absolute Gasteiger partial charge is 0.379 e. The van der Waals surface area contributed by atoms with Gasteiger partial charge in [-0.1, -0.05) is 0 Å². The topological polar surface area (TPSA) is 52.1 Å². The van der Waals surface area contributed by atoms with Crippen LogP contribution in [0.5, 0.6) is 0 Å². The molecular formula is C19H39N5O. The smallest absolute Gasteiger partial charge is 0.191 e. The monoisotopic (exact) mass is 353 g/mol. The van der Waals surface area contributed by atoms with Crippen molar-refractivity contribution in [2.75, 3.05) is 59.5 Å². The van der Waals surface area contributed by atoms with E-state index in [0.29, 0.717) is 12.0 Å². The summed E-state index contributed by atoms with van der Waals surface area (Å²) < 4.78 is 5.47. The van der Waals surface area contributed by atoms with Gasteiger partial charge in [0.25, 0.3) is 0 Å². The van der Waals surface area contributed by atoms with E-state index in [4.69, 9.17) is 4.74 Å². The maximum absolute atomic E-state index is 5.47. The SMILES string of the molecule is CN=C(NCC1CCCN(C(C)C)C1)NCC(C)(C)N1CCOCC1. The number of hydrogen-bond acceptors (Lipinski definition) is 4. The lowest BCUT2D eigenvalue weighted by molar-refractivity contribution is -0.00834. The van der Waals surface area contributed by atoms with E-state index in [9.17, 15) is 0 Å². The Kier molecular flexibility index (Phi) is 7.97. The molecule has 2 N–H and O–H groups in total. The minimum Gasteiger partial charge on any atom is -0.379 e. The Morgan fingerprint density at radius 2 is 1.92 bits per heavy atom. The zero-order valence-corrected chi connectivity index (χ0v) is 17.0. The molecule has 2 rings (SSSR count). The van der Waals surface area contributed by atoms with Gasteiger partial charge in [-0.25, -0.2) is 0 Å². The minimum atomic E-state index is 0.0979. The van der Waals surface area contributed by atoms with Gasteiger partial charge in [0.05, 0.1) is 13.2 Å². The van der Waals surface area contributed by atoms with E-state index in [-0.39, 0.29) is 5.54 Å². The summed E-state index contributed by atoms with van der Waals surface area (Å²) in [6.45, 7) is 17.2. The van der Waals surface area contributed by atoms with Crippen LogP contribution >= 0.6 is 0 Å². The third kappa shape index (κ3) is 6.42. The van der Waals surface area contributed by atoms with Crippen molar-refractivity contribution in [1.82, 2.24) is 20.4 Å². The summed E-state index contributed by atoms with van der Waals surface area (Å²) in [6.07, 6.45) is 2.62. The fourth-order valence-corrected chi connectivity index (χ4v) is 3.78. The highest BCUT2D eigenvalue weighted by atomic mass is 16.5. The molecule has 0 bridgehead atoms. The molecule has 6 nitrogen and oxygen atoms in total. The van der Waals surface area contributed by atoms with Gasteiger partial charge in [0, 0.05) is 51.4 Å². The summed E-state index contributed by atoms with van der Waals surface area (Å²) in [5, 5.41) is 7.07. The maximum atomic E-state index is 5.47. The summed E-state index contributed by atoms with van der Waals surface area (Å²) in [4.78, 5) is 9.50. The number of morpholine rings is 1. The fourth-order valence-electron chi connectivity index (χ4n) is 3.78. The number of hydrogen-bond donors (Lipinski definition) is 2. The number of piperidine rings is 1. The molecule has 2 aliphatic heterocycles. The predicted molar refractivity (Wildman–Crippen MR) is 105 cm³/mol. The van der Waals surface area contributed by atoms with Crippen LogP contribution in [-0.2, 0) is 4.74 Å². The van der Waals surface area contributed by atoms with E-state index in [1.165, 1.54) is 25.9 Å². The zero-order valence-electron chi connectivity index (χ0n) is 17.0. The van der Waals surface area contributed by atoms with Crippen molar-refractivity contribution in [3.05, 3.63) is 0 Å². The van der Waals surface area contributed by atoms with Gasteiger partial charge in [-0.2, -0.15) is 0 Å². The predicted octanol–water partition coefficient (Wildman–Crippen LogP) is 1.38. The van der Waals surface area contributed by atoms with Crippen molar-refractivity contribution in [2.24, 2.45) is 10.9 Å². The first kappa shape index (κ1) is 20.5. The molecule has 0 aromatic heterocycles. The molecule has 0 spiro atoms. The van der Waals surface area contributed by atoms with E-state index in [2.05, 4.69) is 53.1 Å². The van der Waals surface area contributed by atoms with Crippen LogP contribution in [-0.4, -0.2) is 86.9 Å². The molecule has 0 aliphatic carbocycles. The lowest BCUT2D eigenvalue weighted by Crippen LogP contribution is -2.56. The number of ether oxygens (including phenoxy) is 1. The Bertz CT molecular complexity index is 418. The molecule has 1 unspecified atom stereocenters. The molecule has 0 aromatic carbocycles. The highest BCUT2D eigenvalue weighted by Gasteiger charge is 2.28. The van der Waals surface area contributed by atoms with Gasteiger partial charge in [0.2, 0.25) is 0 Å². The first-order valence-electron chi connectivity index (χ1n) is 9.93. The Balaban J connectivity index is 1.74. The van der Waals surface area contributed by atoms with Crippen molar-refractivity contribution < 1.29 is 4.74 Å². The molecule has 0 saturated carbocycles. The number of likely N-dealkylation sites (tertiary alicyclic amines) is 1. The zero-order chi connectivity index (χ0) is 18.3. The summed E-state index contributed by atoms with van der Waals surface area (Å²) in [5.41, 5.74) is 0.0979. The first-order valence-corrected chi connectivity index (χ1v) is 9.93. The molecule has 0 amide bonds. The summed E-state index contributed by atoms with van der Waals surface area (Å²) in [6, 6.07) is 0.648. The van der Waals surface area contributed by atoms with Crippen LogP contribution < -0.4 is 10.6 Å². The molecule has 25 heavy (non-hydrogen) atoms. The average molecular weight is 354 g/mol. The molecule has 0 aromatic rings. The van der Waals surface area contributed by atoms with Crippen molar-refractivity contribution in [1.29, 1.82) is 0 Å². The van der Waals surface area contributed by atoms with Crippen LogP contribution in [0, 0.1) is 5.92 Å². The molecule has 2 saturated heterocycles. The molecule has 2 fully saturated rings. The van der Waals surface area contributed by atoms with Gasteiger partial charge in [-0.05, 0) is 53.0 Å². The highest BCUT2D eigenvalue weighted by molar-refractivity contribution is 5.79. The van der Waals surface area contributed by atoms with Crippen LogP contribution in [0.1, 0.15) is 40.5 Å². The van der Waals surface area contributed by atoms with Crippen LogP contribution in [0.15, 0.2) is 4.99 Å². The van der Waals surface area contributed by atoms with Gasteiger partial charge in [-0.3, -0.25) is 9.89 Å². The fraction of sp³-hybridized carbons (Fsp3) is 0.947. The summed E-state index contributed by atoms with van der Waals surface area (Å²) >= 11 is 0. The molecular weight excluding hydrogens is 314 g/mol. The van der Waals surface area contributed by atoms with Crippen LogP contribution in [0.3, 0.4) is 0 Å². The van der Waals surface area contributed by atoms with Crippen LogP contribution in [0.2, 0.25) is 0 Å². The Labute approximate surface area is 154 Å². The molecule has 2 aliphatic rings. The highest BCUT2D eigenvalue weighted by Crippen LogP contribution is 2.18. The van der Waals surface area contributed by atoms with Crippen molar-refractivity contribution in [3.63, 3.8) is 0 Å². The number of aliphatic imine (C=N–C) groups is 1. The molecule has 0 radical (unpaired) electrons. The van der Waals surface area contributed by atoms with E-state index < -0.39 is 0 Å². The number of guanidine groups is 1. The molecule has 146 valence electrons. The van der Waals surface area contributed by atoms with Gasteiger partial charge >= 0.3 is 0 Å². The van der Waals surface area contributed by atoms with Crippen molar-refractivity contribution >= 4 is 5.96 Å². The van der Waals surface area contributed by atoms with Crippen molar-refractivity contribution in [2.45, 2.75) is 52.1 Å². The Morgan fingerprint density at radius 1 is 1.20 bits per heavy atom. The van der Waals surface area contributed by atoms with Crippen molar-refractivity contribution in [3.8, 4) is 0 Å². The van der Waals surface area contributed by atoms with E-state index in [1.54, 1.807) is 0 Å². The van der Waals surface area contributed by atoms with E-state index >= 15 is 0 Å². The van der Waals surface area contributed by atoms with E-state index in [1.807, 2.05) is 7.05 Å². The Morgan fingerprint density at radius 3 is 2.56 bits per heavy atom. The lowest BCUT2D eigenvalue weighted by Gasteiger charge is -2.41. The van der Waals surface area contributed by atoms with Crippen LogP contribution in [0.4, 0.5) is 0 Å². The average Bonchev–Trinajstić information content (AvgIpc) is 2.63. The quantitative estimate of drug-likeness (QED) is 0.558. The molecule has 1 atom stereocenters. The summed E-state index contributed by atoms with van der Waals surface area (Å²) in [5.74, 6) is 1.63. The van der Waals surface area contributed by atoms with Gasteiger partial charge < -0.3 is 20.3 Å². The third-order valence-electron chi connectivity index (χ3n) is 5.62. The second kappa shape index (κ2) is 9.74. The van der Waals surface area contributed by atoms with Gasteiger partial charge in [0.1, 0.15) is 0 Å². The Hall–Kier alpha value is -0.850. The summed E-state index contributed by atoms with van der Waals surface area (Å²) in [7, 11) is 1.86. The minimum absolute atomic E-state index is 0.0979. The van der Waals surface area contributed by atoms with Gasteiger partial charge in [-0.15, -0.1) is 0 Å². The van der Waals surface area contributed by atoms with E-state index in [0.717, 1.165) is 45.4 Å². The molecule has 2 heterocycles. The first-order chi connectivity index (χ1) is 11.9. The number of rotatable bonds is 6. The second-order valence-corrected chi connectivity index (χ2v) is 8.32. The normalized spacial score (nSPS) is 24.6. The number of nitrogens with zero attached hydrogens (tertiary/aromatic N) is 3. The number of nitrogens with one attached hydrogen (secondary N) is 2. The lowest BCUT2D eigenvalue weighted by atomic mass is 9.97. The standard InChI is InChI=1S/C19H39N5O/c1-16(2)23-8-6-7-17(14-23)13-21-18(20-5)22-15-19(3,4)24-9-11-25-12-10-24/h16-17H,6-15H2,1-5H3,(H2,20,21,22). The molecule has 6 heteroatoms. The van der Waals surface area contributed by atoms with Crippen LogP contribution in [0.25, 0.3) is 0 Å². The second-order valence-electron chi connectivity index (χ2n) is 8.32. The maximum Gasteiger partial charge on any atom is 0.191 e.